The summed E-state index contributed by atoms with van der Waals surface area (Å²) in [5.74, 6) is 0.779. The zero-order chi connectivity index (χ0) is 17.8. The summed E-state index contributed by atoms with van der Waals surface area (Å²) in [6, 6.07) is 19.8. The van der Waals surface area contributed by atoms with Crippen LogP contribution in [-0.4, -0.2) is 15.0 Å². The molecule has 0 atom stereocenters. The van der Waals surface area contributed by atoms with E-state index in [9.17, 15) is 4.39 Å². The van der Waals surface area contributed by atoms with Gasteiger partial charge in [-0.3, -0.25) is 4.98 Å². The minimum atomic E-state index is -0.288. The maximum absolute atomic E-state index is 13.1. The Hall–Kier alpha value is -3.54. The van der Waals surface area contributed by atoms with Crippen molar-refractivity contribution in [3.63, 3.8) is 0 Å². The molecule has 5 nitrogen and oxygen atoms in total. The zero-order valence-electron chi connectivity index (χ0n) is 13.9. The highest BCUT2D eigenvalue weighted by Gasteiger charge is 2.09. The minimum Gasteiger partial charge on any atom is -0.364 e. The van der Waals surface area contributed by atoms with E-state index in [-0.39, 0.29) is 5.82 Å². The van der Waals surface area contributed by atoms with Gasteiger partial charge in [0.25, 0.3) is 0 Å². The van der Waals surface area contributed by atoms with Crippen molar-refractivity contribution in [2.24, 2.45) is 0 Å². The lowest BCUT2D eigenvalue weighted by Crippen LogP contribution is -2.06. The summed E-state index contributed by atoms with van der Waals surface area (Å²) < 4.78 is 13.1. The summed E-state index contributed by atoms with van der Waals surface area (Å²) in [6.07, 6.45) is 1.71. The Morgan fingerprint density at radius 2 is 1.65 bits per heavy atom. The van der Waals surface area contributed by atoms with Crippen LogP contribution in [0.25, 0.3) is 11.0 Å². The molecule has 0 aliphatic heterocycles. The molecule has 0 amide bonds. The van der Waals surface area contributed by atoms with Crippen molar-refractivity contribution in [1.29, 1.82) is 0 Å². The molecule has 2 N–H and O–H groups in total. The fourth-order valence-corrected chi connectivity index (χ4v) is 2.59. The predicted octanol–water partition coefficient (Wildman–Crippen LogP) is 4.52. The highest BCUT2D eigenvalue weighted by molar-refractivity contribution is 5.86. The molecule has 2 heterocycles. The first-order valence-electron chi connectivity index (χ1n) is 8.21. The van der Waals surface area contributed by atoms with Crippen molar-refractivity contribution in [2.45, 2.75) is 6.54 Å². The van der Waals surface area contributed by atoms with Gasteiger partial charge in [0, 0.05) is 18.4 Å². The number of pyridine rings is 1. The number of benzene rings is 2. The number of fused-ring (bicyclic) bond motifs is 1. The van der Waals surface area contributed by atoms with E-state index in [1.807, 2.05) is 42.5 Å². The molecule has 2 aromatic heterocycles. The maximum Gasteiger partial charge on any atom is 0.229 e. The van der Waals surface area contributed by atoms with Crippen LogP contribution in [0, 0.1) is 5.82 Å². The molecule has 0 saturated heterocycles. The highest BCUT2D eigenvalue weighted by atomic mass is 19.1. The first-order chi connectivity index (χ1) is 12.8. The number of anilines is 3. The Morgan fingerprint density at radius 3 is 2.46 bits per heavy atom. The summed E-state index contributed by atoms with van der Waals surface area (Å²) in [4.78, 5) is 13.4. The number of halogens is 1. The first-order valence-corrected chi connectivity index (χ1v) is 8.21. The van der Waals surface area contributed by atoms with Crippen LogP contribution >= 0.6 is 0 Å². The molecule has 0 unspecified atom stereocenters. The van der Waals surface area contributed by atoms with Gasteiger partial charge in [0.2, 0.25) is 5.95 Å². The van der Waals surface area contributed by atoms with Gasteiger partial charge < -0.3 is 10.6 Å². The molecule has 6 heteroatoms. The Bertz CT molecular complexity index is 1020. The van der Waals surface area contributed by atoms with Crippen LogP contribution in [0.3, 0.4) is 0 Å². The number of rotatable bonds is 5. The quantitative estimate of drug-likeness (QED) is 0.557. The molecule has 4 aromatic rings. The van der Waals surface area contributed by atoms with Crippen molar-refractivity contribution >= 4 is 28.5 Å². The van der Waals surface area contributed by atoms with E-state index in [4.69, 9.17) is 0 Å². The van der Waals surface area contributed by atoms with Gasteiger partial charge in [-0.2, -0.15) is 4.98 Å². The Morgan fingerprint density at radius 1 is 0.846 bits per heavy atom. The molecule has 0 radical (unpaired) electrons. The van der Waals surface area contributed by atoms with Crippen LogP contribution in [0.1, 0.15) is 5.56 Å². The zero-order valence-corrected chi connectivity index (χ0v) is 13.9. The molecule has 4 rings (SSSR count). The second-order valence-electron chi connectivity index (χ2n) is 5.74. The van der Waals surface area contributed by atoms with Crippen LogP contribution < -0.4 is 10.6 Å². The van der Waals surface area contributed by atoms with E-state index in [1.54, 1.807) is 18.3 Å². The van der Waals surface area contributed by atoms with Gasteiger partial charge in [-0.1, -0.05) is 30.3 Å². The monoisotopic (exact) mass is 345 g/mol. The molecular weight excluding hydrogens is 329 g/mol. The van der Waals surface area contributed by atoms with E-state index in [0.717, 1.165) is 11.1 Å². The highest BCUT2D eigenvalue weighted by Crippen LogP contribution is 2.22. The topological polar surface area (TPSA) is 62.7 Å². The van der Waals surface area contributed by atoms with Crippen molar-refractivity contribution in [3.8, 4) is 0 Å². The van der Waals surface area contributed by atoms with E-state index in [1.165, 1.54) is 12.1 Å². The molecule has 128 valence electrons. The number of aromatic nitrogens is 3. The molecule has 0 saturated carbocycles. The van der Waals surface area contributed by atoms with E-state index >= 15 is 0 Å². The second kappa shape index (κ2) is 7.14. The smallest absolute Gasteiger partial charge is 0.229 e. The molecule has 0 bridgehead atoms. The third-order valence-corrected chi connectivity index (χ3v) is 3.86. The molecule has 0 spiro atoms. The van der Waals surface area contributed by atoms with Crippen molar-refractivity contribution in [2.75, 3.05) is 10.6 Å². The van der Waals surface area contributed by atoms with Gasteiger partial charge in [0.1, 0.15) is 11.3 Å². The molecule has 0 fully saturated rings. The summed E-state index contributed by atoms with van der Waals surface area (Å²) in [5.41, 5.74) is 3.28. The van der Waals surface area contributed by atoms with Crippen LogP contribution in [-0.2, 0) is 6.54 Å². The Balaban J connectivity index is 1.65. The third kappa shape index (κ3) is 3.59. The van der Waals surface area contributed by atoms with Gasteiger partial charge in [0.05, 0.1) is 5.52 Å². The summed E-state index contributed by atoms with van der Waals surface area (Å²) in [5, 5.41) is 6.43. The number of hydrogen-bond acceptors (Lipinski definition) is 5. The van der Waals surface area contributed by atoms with Gasteiger partial charge in [-0.05, 0) is 42.0 Å². The van der Waals surface area contributed by atoms with Crippen molar-refractivity contribution < 1.29 is 4.39 Å². The third-order valence-electron chi connectivity index (χ3n) is 3.86. The average molecular weight is 345 g/mol. The lowest BCUT2D eigenvalue weighted by Gasteiger charge is -2.11. The predicted molar refractivity (Wildman–Crippen MR) is 101 cm³/mol. The standard InChI is InChI=1S/C20H16FN5/c21-15-8-10-16(11-9-15)24-20-25-17-7-4-12-22-18(17)19(26-20)23-13-14-5-2-1-3-6-14/h1-12H,13H2,(H2,23,24,25,26). The van der Waals surface area contributed by atoms with Crippen LogP contribution in [0.2, 0.25) is 0 Å². The Kier molecular flexibility index (Phi) is 4.38. The molecule has 2 aromatic carbocycles. The van der Waals surface area contributed by atoms with Crippen molar-refractivity contribution in [1.82, 2.24) is 15.0 Å². The first kappa shape index (κ1) is 16.0. The van der Waals surface area contributed by atoms with Gasteiger partial charge >= 0.3 is 0 Å². The fourth-order valence-electron chi connectivity index (χ4n) is 2.59. The van der Waals surface area contributed by atoms with Crippen molar-refractivity contribution in [3.05, 3.63) is 84.3 Å². The lowest BCUT2D eigenvalue weighted by molar-refractivity contribution is 0.628. The molecule has 0 aliphatic carbocycles. The molecule has 0 aliphatic rings. The summed E-state index contributed by atoms with van der Waals surface area (Å²) >= 11 is 0. The van der Waals surface area contributed by atoms with Crippen LogP contribution in [0.4, 0.5) is 21.8 Å². The van der Waals surface area contributed by atoms with E-state index in [0.29, 0.717) is 29.5 Å². The summed E-state index contributed by atoms with van der Waals surface area (Å²) in [6.45, 7) is 0.625. The normalized spacial score (nSPS) is 10.7. The van der Waals surface area contributed by atoms with E-state index in [2.05, 4.69) is 25.6 Å². The number of nitrogens with zero attached hydrogens (tertiary/aromatic N) is 3. The lowest BCUT2D eigenvalue weighted by atomic mass is 10.2. The van der Waals surface area contributed by atoms with Gasteiger partial charge in [-0.25, -0.2) is 9.37 Å². The van der Waals surface area contributed by atoms with Gasteiger partial charge in [0.15, 0.2) is 5.82 Å². The SMILES string of the molecule is Fc1ccc(Nc2nc(NCc3ccccc3)c3ncccc3n2)cc1. The maximum atomic E-state index is 13.1. The van der Waals surface area contributed by atoms with Crippen LogP contribution in [0.5, 0.6) is 0 Å². The minimum absolute atomic E-state index is 0.288. The number of hydrogen-bond donors (Lipinski definition) is 2. The Labute approximate surface area is 150 Å². The van der Waals surface area contributed by atoms with E-state index < -0.39 is 0 Å². The molecular formula is C20H16FN5. The second-order valence-corrected chi connectivity index (χ2v) is 5.74. The molecule has 26 heavy (non-hydrogen) atoms. The largest absolute Gasteiger partial charge is 0.364 e. The average Bonchev–Trinajstić information content (AvgIpc) is 2.69. The fraction of sp³-hybridized carbons (Fsp3) is 0.0500. The van der Waals surface area contributed by atoms with Gasteiger partial charge in [-0.15, -0.1) is 0 Å². The summed E-state index contributed by atoms with van der Waals surface area (Å²) in [7, 11) is 0. The number of nitrogens with one attached hydrogen (secondary N) is 2. The van der Waals surface area contributed by atoms with Crippen LogP contribution in [0.15, 0.2) is 72.9 Å².